The lowest BCUT2D eigenvalue weighted by Gasteiger charge is -2.11. The molecule has 4 N–H and O–H groups in total. The number of rotatable bonds is 4. The minimum Gasteiger partial charge on any atom is -0.392 e. The molecule has 76 valence electrons. The molecule has 1 aromatic rings. The summed E-state index contributed by atoms with van der Waals surface area (Å²) in [6.45, 7) is 2.51. The molecule has 14 heavy (non-hydrogen) atoms. The summed E-state index contributed by atoms with van der Waals surface area (Å²) in [5, 5.41) is 6.12. The highest BCUT2D eigenvalue weighted by atomic mass is 15.0. The van der Waals surface area contributed by atoms with Crippen molar-refractivity contribution in [2.45, 2.75) is 6.92 Å². The van der Waals surface area contributed by atoms with E-state index in [1.807, 2.05) is 25.4 Å². The summed E-state index contributed by atoms with van der Waals surface area (Å²) in [6.07, 6.45) is 1.91. The number of hydrogen-bond donors (Lipinski definition) is 3. The average molecular weight is 191 g/mol. The number of nitrogens with one attached hydrogen (secondary N) is 2. The monoisotopic (exact) mass is 191 g/mol. The van der Waals surface area contributed by atoms with E-state index in [2.05, 4.69) is 29.7 Å². The largest absolute Gasteiger partial charge is 0.392 e. The highest BCUT2D eigenvalue weighted by Gasteiger charge is 2.01. The Morgan fingerprint density at radius 3 is 2.71 bits per heavy atom. The summed E-state index contributed by atoms with van der Waals surface area (Å²) in [6, 6.07) is 8.19. The van der Waals surface area contributed by atoms with Crippen LogP contribution >= 0.6 is 0 Å². The van der Waals surface area contributed by atoms with Crippen molar-refractivity contribution in [2.75, 3.05) is 13.7 Å². The predicted molar refractivity (Wildman–Crippen MR) is 60.4 cm³/mol. The molecule has 0 saturated heterocycles. The molecule has 3 heteroatoms. The van der Waals surface area contributed by atoms with Gasteiger partial charge in [-0.15, -0.1) is 0 Å². The van der Waals surface area contributed by atoms with E-state index in [0.29, 0.717) is 6.67 Å². The Morgan fingerprint density at radius 2 is 2.14 bits per heavy atom. The zero-order valence-corrected chi connectivity index (χ0v) is 8.67. The number of nitrogens with two attached hydrogens (primary N) is 1. The highest BCUT2D eigenvalue weighted by Crippen LogP contribution is 2.14. The lowest BCUT2D eigenvalue weighted by atomic mass is 10.1. The van der Waals surface area contributed by atoms with Gasteiger partial charge in [0.2, 0.25) is 0 Å². The zero-order valence-electron chi connectivity index (χ0n) is 8.67. The maximum atomic E-state index is 5.47. The van der Waals surface area contributed by atoms with Crippen molar-refractivity contribution in [2.24, 2.45) is 5.73 Å². The predicted octanol–water partition coefficient (Wildman–Crippen LogP) is 1.02. The van der Waals surface area contributed by atoms with Crippen molar-refractivity contribution in [3.8, 4) is 0 Å². The highest BCUT2D eigenvalue weighted by molar-refractivity contribution is 5.66. The van der Waals surface area contributed by atoms with Gasteiger partial charge < -0.3 is 16.4 Å². The molecule has 0 fully saturated rings. The van der Waals surface area contributed by atoms with E-state index >= 15 is 0 Å². The summed E-state index contributed by atoms with van der Waals surface area (Å²) in [5.74, 6) is 0. The van der Waals surface area contributed by atoms with Gasteiger partial charge in [0.25, 0.3) is 0 Å². The molecule has 0 aliphatic carbocycles. The Bertz CT molecular complexity index is 318. The van der Waals surface area contributed by atoms with Gasteiger partial charge in [0, 0.05) is 18.8 Å². The molecule has 1 aromatic carbocycles. The zero-order chi connectivity index (χ0) is 10.4. The maximum Gasteiger partial charge on any atom is 0.0628 e. The summed E-state index contributed by atoms with van der Waals surface area (Å²) in [7, 11) is 1.87. The number of hydrogen-bond acceptors (Lipinski definition) is 3. The van der Waals surface area contributed by atoms with Crippen LogP contribution in [-0.4, -0.2) is 13.7 Å². The van der Waals surface area contributed by atoms with Crippen molar-refractivity contribution in [1.29, 1.82) is 0 Å². The molecule has 0 aliphatic heterocycles. The van der Waals surface area contributed by atoms with Gasteiger partial charge in [-0.05, 0) is 12.5 Å². The van der Waals surface area contributed by atoms with E-state index in [0.717, 1.165) is 5.70 Å². The Balaban J connectivity index is 2.99. The van der Waals surface area contributed by atoms with Gasteiger partial charge >= 0.3 is 0 Å². The third kappa shape index (κ3) is 2.50. The fourth-order valence-electron chi connectivity index (χ4n) is 1.35. The molecule has 0 heterocycles. The Hall–Kier alpha value is -1.48. The standard InChI is InChI=1S/C11H17N3/c1-9-5-3-4-6-10(9)11(7-13-2)14-8-12/h3-7,13-14H,8,12H2,1-2H3/b11-7-. The quantitative estimate of drug-likeness (QED) is 0.623. The summed E-state index contributed by atoms with van der Waals surface area (Å²) in [4.78, 5) is 0. The van der Waals surface area contributed by atoms with Crippen molar-refractivity contribution in [3.05, 3.63) is 41.6 Å². The van der Waals surface area contributed by atoms with Crippen LogP contribution in [0.1, 0.15) is 11.1 Å². The van der Waals surface area contributed by atoms with Crippen LogP contribution in [0.3, 0.4) is 0 Å². The molecule has 0 atom stereocenters. The second-order valence-electron chi connectivity index (χ2n) is 3.04. The van der Waals surface area contributed by atoms with E-state index in [-0.39, 0.29) is 0 Å². The second kappa shape index (κ2) is 5.29. The lowest BCUT2D eigenvalue weighted by Crippen LogP contribution is -2.22. The van der Waals surface area contributed by atoms with E-state index in [4.69, 9.17) is 5.73 Å². The average Bonchev–Trinajstić information content (AvgIpc) is 2.18. The topological polar surface area (TPSA) is 50.1 Å². The lowest BCUT2D eigenvalue weighted by molar-refractivity contribution is 0.891. The summed E-state index contributed by atoms with van der Waals surface area (Å²) < 4.78 is 0. The molecular formula is C11H17N3. The van der Waals surface area contributed by atoms with Crippen LogP contribution < -0.4 is 16.4 Å². The van der Waals surface area contributed by atoms with Gasteiger partial charge in [-0.3, -0.25) is 0 Å². The maximum absolute atomic E-state index is 5.47. The molecule has 0 radical (unpaired) electrons. The Kier molecular flexibility index (Phi) is 4.01. The minimum atomic E-state index is 0.432. The van der Waals surface area contributed by atoms with E-state index in [1.165, 1.54) is 11.1 Å². The van der Waals surface area contributed by atoms with Crippen molar-refractivity contribution < 1.29 is 0 Å². The second-order valence-corrected chi connectivity index (χ2v) is 3.04. The fourth-order valence-corrected chi connectivity index (χ4v) is 1.35. The number of aryl methyl sites for hydroxylation is 1. The van der Waals surface area contributed by atoms with Crippen LogP contribution in [0.2, 0.25) is 0 Å². The smallest absolute Gasteiger partial charge is 0.0628 e. The molecular weight excluding hydrogens is 174 g/mol. The van der Waals surface area contributed by atoms with E-state index in [9.17, 15) is 0 Å². The molecule has 3 nitrogen and oxygen atoms in total. The number of benzene rings is 1. The van der Waals surface area contributed by atoms with Crippen LogP contribution in [0, 0.1) is 6.92 Å². The first-order chi connectivity index (χ1) is 6.79. The minimum absolute atomic E-state index is 0.432. The molecule has 0 aromatic heterocycles. The molecule has 0 amide bonds. The van der Waals surface area contributed by atoms with Crippen molar-refractivity contribution in [1.82, 2.24) is 10.6 Å². The van der Waals surface area contributed by atoms with Crippen molar-refractivity contribution >= 4 is 5.70 Å². The Labute approximate surface area is 85.0 Å². The van der Waals surface area contributed by atoms with Crippen molar-refractivity contribution in [3.63, 3.8) is 0 Å². The summed E-state index contributed by atoms with van der Waals surface area (Å²) in [5.41, 5.74) is 8.89. The van der Waals surface area contributed by atoms with Crippen LogP contribution in [0.4, 0.5) is 0 Å². The normalized spacial score (nSPS) is 11.2. The van der Waals surface area contributed by atoms with Gasteiger partial charge in [0.05, 0.1) is 12.4 Å². The van der Waals surface area contributed by atoms with Gasteiger partial charge in [0.1, 0.15) is 0 Å². The Morgan fingerprint density at radius 1 is 1.43 bits per heavy atom. The van der Waals surface area contributed by atoms with Gasteiger partial charge in [-0.1, -0.05) is 24.3 Å². The molecule has 0 bridgehead atoms. The summed E-state index contributed by atoms with van der Waals surface area (Å²) >= 11 is 0. The van der Waals surface area contributed by atoms with E-state index in [1.54, 1.807) is 0 Å². The molecule has 0 unspecified atom stereocenters. The van der Waals surface area contributed by atoms with Gasteiger partial charge in [-0.2, -0.15) is 0 Å². The first-order valence-electron chi connectivity index (χ1n) is 4.67. The van der Waals surface area contributed by atoms with E-state index < -0.39 is 0 Å². The first kappa shape index (κ1) is 10.6. The third-order valence-electron chi connectivity index (χ3n) is 2.02. The van der Waals surface area contributed by atoms with Crippen LogP contribution in [0.25, 0.3) is 5.70 Å². The molecule has 1 rings (SSSR count). The van der Waals surface area contributed by atoms with Crippen LogP contribution in [0.15, 0.2) is 30.5 Å². The van der Waals surface area contributed by atoms with Crippen LogP contribution in [-0.2, 0) is 0 Å². The van der Waals surface area contributed by atoms with Gasteiger partial charge in [0.15, 0.2) is 0 Å². The third-order valence-corrected chi connectivity index (χ3v) is 2.02. The van der Waals surface area contributed by atoms with Crippen LogP contribution in [0.5, 0.6) is 0 Å². The SMILES string of the molecule is CN/C=C(\NCN)c1ccccc1C. The molecule has 0 saturated carbocycles. The molecule has 0 spiro atoms. The fraction of sp³-hybridized carbons (Fsp3) is 0.273. The van der Waals surface area contributed by atoms with Gasteiger partial charge in [-0.25, -0.2) is 0 Å². The first-order valence-corrected chi connectivity index (χ1v) is 4.67. The molecule has 0 aliphatic rings.